The lowest BCUT2D eigenvalue weighted by molar-refractivity contribution is -0.175. The minimum absolute atomic E-state index is 0.00738. The number of hydrogen-bond donors (Lipinski definition) is 0. The second kappa shape index (κ2) is 3.55. The lowest BCUT2D eigenvalue weighted by Gasteiger charge is -2.21. The normalized spacial score (nSPS) is 36.2. The third-order valence-corrected chi connectivity index (χ3v) is 3.09. The average Bonchev–Trinajstić information content (AvgIpc) is 2.74. The van der Waals surface area contributed by atoms with E-state index in [1.807, 2.05) is 32.0 Å². The van der Waals surface area contributed by atoms with Crippen LogP contribution in [0.2, 0.25) is 0 Å². The first-order valence-electron chi connectivity index (χ1n) is 5.68. The van der Waals surface area contributed by atoms with Gasteiger partial charge in [0.15, 0.2) is 5.79 Å². The van der Waals surface area contributed by atoms with Crippen molar-refractivity contribution in [2.24, 2.45) is 0 Å². The highest BCUT2D eigenvalue weighted by molar-refractivity contribution is 5.20. The molecule has 0 bridgehead atoms. The van der Waals surface area contributed by atoms with Gasteiger partial charge in [-0.2, -0.15) is 0 Å². The zero-order valence-electron chi connectivity index (χ0n) is 9.55. The van der Waals surface area contributed by atoms with Gasteiger partial charge >= 0.3 is 0 Å². The lowest BCUT2D eigenvalue weighted by atomic mass is 10.0. The molecule has 0 radical (unpaired) electrons. The van der Waals surface area contributed by atoms with Crippen molar-refractivity contribution in [2.75, 3.05) is 6.61 Å². The molecule has 0 saturated carbocycles. The van der Waals surface area contributed by atoms with Gasteiger partial charge in [0, 0.05) is 0 Å². The van der Waals surface area contributed by atoms with Gasteiger partial charge in [-0.3, -0.25) is 0 Å². The summed E-state index contributed by atoms with van der Waals surface area (Å²) in [4.78, 5) is 0. The smallest absolute Gasteiger partial charge is 0.164 e. The van der Waals surface area contributed by atoms with Gasteiger partial charge in [-0.05, 0) is 19.4 Å². The zero-order chi connectivity index (χ0) is 11.2. The van der Waals surface area contributed by atoms with Gasteiger partial charge in [0.2, 0.25) is 0 Å². The number of hydrogen-bond acceptors (Lipinski definition) is 3. The predicted octanol–water partition coefficient (Wildman–Crippen LogP) is 2.28. The Hall–Kier alpha value is -0.900. The molecule has 0 unspecified atom stereocenters. The molecule has 16 heavy (non-hydrogen) atoms. The molecule has 3 heteroatoms. The topological polar surface area (TPSA) is 27.7 Å². The Morgan fingerprint density at radius 1 is 1.12 bits per heavy atom. The van der Waals surface area contributed by atoms with E-state index in [0.717, 1.165) is 5.56 Å². The standard InChI is InChI=1S/C13H16O3/c1-13(2)15-10-8-14-11(12(10)16-13)9-6-4-3-5-7-9/h3-7,10-12H,8H2,1-2H3/t10-,11-,12-/m1/s1. The highest BCUT2D eigenvalue weighted by atomic mass is 16.8. The van der Waals surface area contributed by atoms with E-state index in [4.69, 9.17) is 14.2 Å². The van der Waals surface area contributed by atoms with Crippen LogP contribution in [0.4, 0.5) is 0 Å². The van der Waals surface area contributed by atoms with E-state index in [2.05, 4.69) is 12.1 Å². The SMILES string of the molecule is CC1(C)O[C@H]2[C@@H](c3ccccc3)OC[C@H]2O1. The summed E-state index contributed by atoms with van der Waals surface area (Å²) in [6.07, 6.45) is 0.102. The Kier molecular flexibility index (Phi) is 2.28. The van der Waals surface area contributed by atoms with Crippen LogP contribution in [0, 0.1) is 0 Å². The first-order chi connectivity index (χ1) is 7.66. The number of benzene rings is 1. The van der Waals surface area contributed by atoms with Crippen LogP contribution in [0.3, 0.4) is 0 Å². The molecule has 3 nitrogen and oxygen atoms in total. The Morgan fingerprint density at radius 3 is 2.62 bits per heavy atom. The largest absolute Gasteiger partial charge is 0.368 e. The molecule has 2 aliphatic heterocycles. The maximum atomic E-state index is 5.89. The van der Waals surface area contributed by atoms with E-state index in [1.165, 1.54) is 0 Å². The molecule has 86 valence electrons. The molecule has 0 aliphatic carbocycles. The van der Waals surface area contributed by atoms with E-state index < -0.39 is 5.79 Å². The van der Waals surface area contributed by atoms with Gasteiger partial charge in [0.25, 0.3) is 0 Å². The van der Waals surface area contributed by atoms with Crippen LogP contribution in [0.1, 0.15) is 25.5 Å². The average molecular weight is 220 g/mol. The number of ether oxygens (including phenoxy) is 3. The van der Waals surface area contributed by atoms with Crippen LogP contribution in [0.5, 0.6) is 0 Å². The second-order valence-electron chi connectivity index (χ2n) is 4.80. The maximum Gasteiger partial charge on any atom is 0.164 e. The van der Waals surface area contributed by atoms with Crippen molar-refractivity contribution in [3.8, 4) is 0 Å². The summed E-state index contributed by atoms with van der Waals surface area (Å²) in [5, 5.41) is 0. The molecule has 2 heterocycles. The van der Waals surface area contributed by atoms with E-state index in [1.54, 1.807) is 0 Å². The molecule has 2 aliphatic rings. The summed E-state index contributed by atoms with van der Waals surface area (Å²) < 4.78 is 17.4. The Labute approximate surface area is 95.3 Å². The predicted molar refractivity (Wildman–Crippen MR) is 59.0 cm³/mol. The molecule has 3 rings (SSSR count). The van der Waals surface area contributed by atoms with Crippen molar-refractivity contribution in [3.05, 3.63) is 35.9 Å². The third-order valence-electron chi connectivity index (χ3n) is 3.09. The Balaban J connectivity index is 1.84. The second-order valence-corrected chi connectivity index (χ2v) is 4.80. The summed E-state index contributed by atoms with van der Waals surface area (Å²) in [5.74, 6) is -0.480. The van der Waals surface area contributed by atoms with Gasteiger partial charge in [-0.1, -0.05) is 30.3 Å². The van der Waals surface area contributed by atoms with Crippen molar-refractivity contribution < 1.29 is 14.2 Å². The minimum Gasteiger partial charge on any atom is -0.368 e. The van der Waals surface area contributed by atoms with Crippen molar-refractivity contribution in [3.63, 3.8) is 0 Å². The van der Waals surface area contributed by atoms with Gasteiger partial charge < -0.3 is 14.2 Å². The third kappa shape index (κ3) is 1.65. The van der Waals surface area contributed by atoms with E-state index in [9.17, 15) is 0 Å². The summed E-state index contributed by atoms with van der Waals surface area (Å²) in [7, 11) is 0. The molecule has 1 aromatic carbocycles. The van der Waals surface area contributed by atoms with E-state index in [0.29, 0.717) is 6.61 Å². The Morgan fingerprint density at radius 2 is 1.88 bits per heavy atom. The Bertz CT molecular complexity index is 374. The van der Waals surface area contributed by atoms with Crippen LogP contribution in [0.15, 0.2) is 30.3 Å². The van der Waals surface area contributed by atoms with Gasteiger partial charge in [0.1, 0.15) is 18.3 Å². The molecule has 2 fully saturated rings. The fourth-order valence-corrected chi connectivity index (χ4v) is 2.47. The molecule has 1 aromatic rings. The van der Waals surface area contributed by atoms with Gasteiger partial charge in [0.05, 0.1) is 6.61 Å². The van der Waals surface area contributed by atoms with Crippen LogP contribution >= 0.6 is 0 Å². The van der Waals surface area contributed by atoms with Crippen molar-refractivity contribution in [1.82, 2.24) is 0 Å². The van der Waals surface area contributed by atoms with Crippen LogP contribution < -0.4 is 0 Å². The van der Waals surface area contributed by atoms with Crippen molar-refractivity contribution in [1.29, 1.82) is 0 Å². The van der Waals surface area contributed by atoms with E-state index in [-0.39, 0.29) is 18.3 Å². The first kappa shape index (κ1) is 10.3. The minimum atomic E-state index is -0.480. The molecule has 0 N–H and O–H groups in total. The molecule has 0 spiro atoms. The highest BCUT2D eigenvalue weighted by Gasteiger charge is 2.50. The molecule has 0 amide bonds. The lowest BCUT2D eigenvalue weighted by Crippen LogP contribution is -2.24. The first-order valence-corrected chi connectivity index (χ1v) is 5.68. The summed E-state index contributed by atoms with van der Waals surface area (Å²) in [6, 6.07) is 10.2. The molecule has 0 aromatic heterocycles. The number of fused-ring (bicyclic) bond motifs is 1. The van der Waals surface area contributed by atoms with Crippen LogP contribution in [0.25, 0.3) is 0 Å². The molecular formula is C13H16O3. The zero-order valence-corrected chi connectivity index (χ0v) is 9.55. The van der Waals surface area contributed by atoms with Gasteiger partial charge in [-0.25, -0.2) is 0 Å². The fourth-order valence-electron chi connectivity index (χ4n) is 2.47. The van der Waals surface area contributed by atoms with Gasteiger partial charge in [-0.15, -0.1) is 0 Å². The monoisotopic (exact) mass is 220 g/mol. The summed E-state index contributed by atoms with van der Waals surface area (Å²) in [5.41, 5.74) is 1.16. The van der Waals surface area contributed by atoms with Crippen molar-refractivity contribution >= 4 is 0 Å². The maximum absolute atomic E-state index is 5.89. The fraction of sp³-hybridized carbons (Fsp3) is 0.538. The summed E-state index contributed by atoms with van der Waals surface area (Å²) in [6.45, 7) is 4.52. The molecule has 3 atom stereocenters. The van der Waals surface area contributed by atoms with Crippen LogP contribution in [-0.2, 0) is 14.2 Å². The highest BCUT2D eigenvalue weighted by Crippen LogP contribution is 2.41. The molecule has 2 saturated heterocycles. The summed E-state index contributed by atoms with van der Waals surface area (Å²) >= 11 is 0. The van der Waals surface area contributed by atoms with E-state index >= 15 is 0 Å². The quantitative estimate of drug-likeness (QED) is 0.726. The van der Waals surface area contributed by atoms with Crippen LogP contribution in [-0.4, -0.2) is 24.6 Å². The van der Waals surface area contributed by atoms with Crippen molar-refractivity contribution in [2.45, 2.75) is 37.9 Å². The number of rotatable bonds is 1. The molecular weight excluding hydrogens is 204 g/mol.